The van der Waals surface area contributed by atoms with E-state index in [-0.39, 0.29) is 17.3 Å². The summed E-state index contributed by atoms with van der Waals surface area (Å²) in [4.78, 5) is 8.00. The summed E-state index contributed by atoms with van der Waals surface area (Å²) in [7, 11) is 0. The van der Waals surface area contributed by atoms with Gasteiger partial charge < -0.3 is 11.5 Å². The van der Waals surface area contributed by atoms with Gasteiger partial charge in [-0.2, -0.15) is 15.3 Å². The summed E-state index contributed by atoms with van der Waals surface area (Å²) >= 11 is 0. The Kier molecular flexibility index (Phi) is 3.20. The zero-order chi connectivity index (χ0) is 15.7. The first-order valence-corrected chi connectivity index (χ1v) is 6.54. The van der Waals surface area contributed by atoms with Gasteiger partial charge >= 0.3 is 0 Å². The summed E-state index contributed by atoms with van der Waals surface area (Å²) in [6, 6.07) is 9.61. The molecule has 3 aromatic rings. The highest BCUT2D eigenvalue weighted by Gasteiger charge is 2.15. The fraction of sp³-hybridized carbons (Fsp3) is 0.0667. The third-order valence-corrected chi connectivity index (χ3v) is 3.30. The zero-order valence-corrected chi connectivity index (χ0v) is 11.9. The van der Waals surface area contributed by atoms with Crippen LogP contribution >= 0.6 is 0 Å². The average molecular weight is 291 g/mol. The number of nitrogens with two attached hydrogens (primary N) is 2. The van der Waals surface area contributed by atoms with E-state index >= 15 is 0 Å². The van der Waals surface area contributed by atoms with E-state index in [4.69, 9.17) is 11.5 Å². The number of nitriles is 1. The SMILES string of the molecule is Cc1cc(-n2cccn2)ccc1-c1nc(N)nc(N)c1C#N. The lowest BCUT2D eigenvalue weighted by Gasteiger charge is -2.11. The van der Waals surface area contributed by atoms with Crippen molar-refractivity contribution < 1.29 is 0 Å². The van der Waals surface area contributed by atoms with Gasteiger partial charge in [-0.25, -0.2) is 9.67 Å². The molecular formula is C15H13N7. The Hall–Kier alpha value is -3.40. The summed E-state index contributed by atoms with van der Waals surface area (Å²) in [5.74, 6) is 0.127. The average Bonchev–Trinajstić information content (AvgIpc) is 3.00. The van der Waals surface area contributed by atoms with Gasteiger partial charge in [0.2, 0.25) is 5.95 Å². The Morgan fingerprint density at radius 3 is 2.68 bits per heavy atom. The maximum absolute atomic E-state index is 9.28. The quantitative estimate of drug-likeness (QED) is 0.741. The van der Waals surface area contributed by atoms with Crippen LogP contribution in [-0.4, -0.2) is 19.7 Å². The van der Waals surface area contributed by atoms with Crippen LogP contribution in [0, 0.1) is 18.3 Å². The fourth-order valence-electron chi connectivity index (χ4n) is 2.28. The predicted molar refractivity (Wildman–Crippen MR) is 82.9 cm³/mol. The number of benzene rings is 1. The number of anilines is 2. The van der Waals surface area contributed by atoms with Crippen LogP contribution in [0.25, 0.3) is 16.9 Å². The van der Waals surface area contributed by atoms with E-state index in [2.05, 4.69) is 15.1 Å². The van der Waals surface area contributed by atoms with Crippen LogP contribution in [0.4, 0.5) is 11.8 Å². The first-order chi connectivity index (χ1) is 10.6. The summed E-state index contributed by atoms with van der Waals surface area (Å²) in [6.45, 7) is 1.93. The minimum Gasteiger partial charge on any atom is -0.382 e. The molecular weight excluding hydrogens is 278 g/mol. The maximum Gasteiger partial charge on any atom is 0.222 e. The summed E-state index contributed by atoms with van der Waals surface area (Å²) in [6.07, 6.45) is 3.57. The van der Waals surface area contributed by atoms with Gasteiger partial charge in [0.05, 0.1) is 11.4 Å². The molecule has 2 aromatic heterocycles. The first kappa shape index (κ1) is 13.6. The van der Waals surface area contributed by atoms with Crippen LogP contribution in [-0.2, 0) is 0 Å². The molecule has 0 aliphatic carbocycles. The highest BCUT2D eigenvalue weighted by Crippen LogP contribution is 2.29. The number of rotatable bonds is 2. The molecule has 4 N–H and O–H groups in total. The monoisotopic (exact) mass is 291 g/mol. The predicted octanol–water partition coefficient (Wildman–Crippen LogP) is 1.67. The summed E-state index contributed by atoms with van der Waals surface area (Å²) in [5, 5.41) is 13.5. The van der Waals surface area contributed by atoms with Gasteiger partial charge in [0.25, 0.3) is 0 Å². The van der Waals surface area contributed by atoms with Gasteiger partial charge in [-0.15, -0.1) is 0 Å². The van der Waals surface area contributed by atoms with Crippen LogP contribution in [0.2, 0.25) is 0 Å². The molecule has 0 atom stereocenters. The van der Waals surface area contributed by atoms with Crippen LogP contribution < -0.4 is 11.5 Å². The molecule has 0 saturated heterocycles. The summed E-state index contributed by atoms with van der Waals surface area (Å²) in [5.41, 5.74) is 14.7. The topological polar surface area (TPSA) is 119 Å². The smallest absolute Gasteiger partial charge is 0.222 e. The fourth-order valence-corrected chi connectivity index (χ4v) is 2.28. The van der Waals surface area contributed by atoms with E-state index in [0.717, 1.165) is 16.8 Å². The number of aryl methyl sites for hydroxylation is 1. The largest absolute Gasteiger partial charge is 0.382 e. The molecule has 0 aliphatic rings. The Labute approximate surface area is 126 Å². The Morgan fingerprint density at radius 1 is 1.23 bits per heavy atom. The van der Waals surface area contributed by atoms with E-state index < -0.39 is 0 Å². The van der Waals surface area contributed by atoms with Crippen molar-refractivity contribution in [2.24, 2.45) is 0 Å². The molecule has 0 radical (unpaired) electrons. The van der Waals surface area contributed by atoms with E-state index in [9.17, 15) is 5.26 Å². The molecule has 7 heteroatoms. The van der Waals surface area contributed by atoms with Crippen LogP contribution in [0.1, 0.15) is 11.1 Å². The van der Waals surface area contributed by atoms with Crippen molar-refractivity contribution in [1.29, 1.82) is 5.26 Å². The second kappa shape index (κ2) is 5.18. The summed E-state index contributed by atoms with van der Waals surface area (Å²) < 4.78 is 1.75. The van der Waals surface area contributed by atoms with Crippen LogP contribution in [0.3, 0.4) is 0 Å². The minimum atomic E-state index is 0.0436. The molecule has 3 rings (SSSR count). The third kappa shape index (κ3) is 2.23. The van der Waals surface area contributed by atoms with Crippen LogP contribution in [0.5, 0.6) is 0 Å². The molecule has 2 heterocycles. The van der Waals surface area contributed by atoms with E-state index in [1.807, 2.05) is 43.5 Å². The van der Waals surface area contributed by atoms with Gasteiger partial charge in [0.15, 0.2) is 0 Å². The molecule has 7 nitrogen and oxygen atoms in total. The molecule has 0 amide bonds. The molecule has 108 valence electrons. The highest BCUT2D eigenvalue weighted by atomic mass is 15.3. The molecule has 0 saturated carbocycles. The lowest BCUT2D eigenvalue weighted by atomic mass is 10.0. The second-order valence-corrected chi connectivity index (χ2v) is 4.75. The van der Waals surface area contributed by atoms with Crippen molar-refractivity contribution in [1.82, 2.24) is 19.7 Å². The van der Waals surface area contributed by atoms with Crippen molar-refractivity contribution in [3.05, 3.63) is 47.8 Å². The minimum absolute atomic E-state index is 0.0436. The van der Waals surface area contributed by atoms with E-state index in [1.54, 1.807) is 10.9 Å². The van der Waals surface area contributed by atoms with Crippen molar-refractivity contribution in [2.45, 2.75) is 6.92 Å². The number of nitrogens with zero attached hydrogens (tertiary/aromatic N) is 5. The van der Waals surface area contributed by atoms with Gasteiger partial charge in [0, 0.05) is 18.0 Å². The van der Waals surface area contributed by atoms with E-state index in [1.165, 1.54) is 0 Å². The van der Waals surface area contributed by atoms with Gasteiger partial charge in [-0.1, -0.05) is 6.07 Å². The highest BCUT2D eigenvalue weighted by molar-refractivity contribution is 5.75. The third-order valence-electron chi connectivity index (χ3n) is 3.30. The molecule has 0 unspecified atom stereocenters. The van der Waals surface area contributed by atoms with Crippen LogP contribution in [0.15, 0.2) is 36.7 Å². The van der Waals surface area contributed by atoms with Gasteiger partial charge in [0.1, 0.15) is 17.5 Å². The number of hydrogen-bond donors (Lipinski definition) is 2. The lowest BCUT2D eigenvalue weighted by molar-refractivity contribution is 0.879. The van der Waals surface area contributed by atoms with Gasteiger partial charge in [-0.3, -0.25) is 0 Å². The number of aromatic nitrogens is 4. The molecule has 0 bridgehead atoms. The standard InChI is InChI=1S/C15H13N7/c1-9-7-10(22-6-2-5-19-22)3-4-11(9)13-12(8-16)14(17)21-15(18)20-13/h2-7H,1H3,(H4,17,18,20,21). The lowest BCUT2D eigenvalue weighted by Crippen LogP contribution is -2.05. The molecule has 22 heavy (non-hydrogen) atoms. The van der Waals surface area contributed by atoms with Crippen molar-refractivity contribution >= 4 is 11.8 Å². The maximum atomic E-state index is 9.28. The Bertz CT molecular complexity index is 876. The Balaban J connectivity index is 2.16. The van der Waals surface area contributed by atoms with Crippen molar-refractivity contribution in [2.75, 3.05) is 11.5 Å². The first-order valence-electron chi connectivity index (χ1n) is 6.54. The van der Waals surface area contributed by atoms with E-state index in [0.29, 0.717) is 5.69 Å². The van der Waals surface area contributed by atoms with Gasteiger partial charge in [-0.05, 0) is 30.7 Å². The molecule has 0 aliphatic heterocycles. The van der Waals surface area contributed by atoms with Crippen molar-refractivity contribution in [3.8, 4) is 23.0 Å². The number of hydrogen-bond acceptors (Lipinski definition) is 6. The number of nitrogen functional groups attached to an aromatic ring is 2. The molecule has 0 spiro atoms. The normalized spacial score (nSPS) is 10.4. The molecule has 0 fully saturated rings. The Morgan fingerprint density at radius 2 is 2.05 bits per heavy atom. The zero-order valence-electron chi connectivity index (χ0n) is 11.9. The molecule has 1 aromatic carbocycles. The van der Waals surface area contributed by atoms with Crippen molar-refractivity contribution in [3.63, 3.8) is 0 Å². The second-order valence-electron chi connectivity index (χ2n) is 4.75.